The van der Waals surface area contributed by atoms with E-state index in [1.807, 2.05) is 0 Å². The van der Waals surface area contributed by atoms with Crippen molar-refractivity contribution in [2.75, 3.05) is 19.8 Å². The third-order valence-corrected chi connectivity index (χ3v) is 2.79. The lowest BCUT2D eigenvalue weighted by molar-refractivity contribution is -0.109. The Bertz CT molecular complexity index is 141. The summed E-state index contributed by atoms with van der Waals surface area (Å²) in [6.45, 7) is 6.98. The molecule has 0 unspecified atom stereocenters. The number of amides is 1. The number of rotatable bonds is 6. The van der Waals surface area contributed by atoms with Gasteiger partial charge in [-0.15, -0.1) is 0 Å². The Morgan fingerprint density at radius 3 is 2.19 bits per heavy atom. The summed E-state index contributed by atoms with van der Waals surface area (Å²) in [6.07, 6.45) is 8.46. The first-order valence-corrected chi connectivity index (χ1v) is 6.59. The van der Waals surface area contributed by atoms with Gasteiger partial charge in [-0.1, -0.05) is 39.5 Å². The molecule has 1 fully saturated rings. The second kappa shape index (κ2) is 12.5. The van der Waals surface area contributed by atoms with Crippen LogP contribution in [0.1, 0.15) is 52.4 Å². The lowest BCUT2D eigenvalue weighted by Crippen LogP contribution is -2.26. The Hall–Kier alpha value is -0.570. The summed E-state index contributed by atoms with van der Waals surface area (Å²) in [5, 5.41) is 2.68. The Morgan fingerprint density at radius 1 is 1.19 bits per heavy atom. The van der Waals surface area contributed by atoms with Crippen LogP contribution >= 0.6 is 0 Å². The second-order valence-corrected chi connectivity index (χ2v) is 4.29. The largest absolute Gasteiger partial charge is 0.381 e. The first-order valence-electron chi connectivity index (χ1n) is 6.59. The first-order chi connectivity index (χ1) is 7.85. The minimum atomic E-state index is 0.638. The highest BCUT2D eigenvalue weighted by molar-refractivity contribution is 5.45. The molecular formula is C13H27NO2. The van der Waals surface area contributed by atoms with Crippen LogP contribution in [0, 0.1) is 5.92 Å². The molecule has 96 valence electrons. The number of hydrogen-bond donors (Lipinski definition) is 1. The molecule has 1 heterocycles. The van der Waals surface area contributed by atoms with Crippen molar-refractivity contribution in [1.29, 1.82) is 0 Å². The third-order valence-electron chi connectivity index (χ3n) is 2.79. The van der Waals surface area contributed by atoms with E-state index >= 15 is 0 Å². The summed E-state index contributed by atoms with van der Waals surface area (Å²) in [7, 11) is 0. The van der Waals surface area contributed by atoms with E-state index in [9.17, 15) is 4.79 Å². The molecule has 1 aliphatic rings. The predicted molar refractivity (Wildman–Crippen MR) is 67.4 cm³/mol. The van der Waals surface area contributed by atoms with E-state index in [4.69, 9.17) is 4.74 Å². The summed E-state index contributed by atoms with van der Waals surface area (Å²) in [5.74, 6) is 0.638. The minimum absolute atomic E-state index is 0.638. The summed E-state index contributed by atoms with van der Waals surface area (Å²) in [6, 6.07) is 0. The fourth-order valence-electron chi connectivity index (χ4n) is 1.67. The quantitative estimate of drug-likeness (QED) is 0.562. The van der Waals surface area contributed by atoms with Crippen molar-refractivity contribution >= 4 is 6.41 Å². The van der Waals surface area contributed by atoms with Gasteiger partial charge in [0, 0.05) is 19.8 Å². The van der Waals surface area contributed by atoms with Gasteiger partial charge < -0.3 is 10.1 Å². The van der Waals surface area contributed by atoms with E-state index < -0.39 is 0 Å². The van der Waals surface area contributed by atoms with Crippen LogP contribution in [0.15, 0.2) is 0 Å². The Kier molecular flexibility index (Phi) is 12.1. The molecule has 16 heavy (non-hydrogen) atoms. The number of carbonyl (C=O) groups excluding carboxylic acids is 1. The molecule has 0 saturated carbocycles. The standard InChI is InChI=1S/C7H13NO2.C6H14/c9-6-8-5-7-1-3-10-4-2-7;1-3-5-6-4-2/h6-7H,1-5H2,(H,8,9);3-6H2,1-2H3. The monoisotopic (exact) mass is 229 g/mol. The molecular weight excluding hydrogens is 202 g/mol. The molecule has 0 radical (unpaired) electrons. The normalized spacial score (nSPS) is 16.1. The predicted octanol–water partition coefficient (Wildman–Crippen LogP) is 2.75. The number of hydrogen-bond acceptors (Lipinski definition) is 2. The van der Waals surface area contributed by atoms with Crippen molar-refractivity contribution in [3.63, 3.8) is 0 Å². The highest BCUT2D eigenvalue weighted by atomic mass is 16.5. The highest BCUT2D eigenvalue weighted by Gasteiger charge is 2.12. The van der Waals surface area contributed by atoms with E-state index in [0.717, 1.165) is 39.0 Å². The lowest BCUT2D eigenvalue weighted by Gasteiger charge is -2.20. The van der Waals surface area contributed by atoms with E-state index in [1.54, 1.807) is 0 Å². The lowest BCUT2D eigenvalue weighted by atomic mass is 10.0. The molecule has 0 aromatic rings. The van der Waals surface area contributed by atoms with E-state index in [-0.39, 0.29) is 0 Å². The van der Waals surface area contributed by atoms with Crippen LogP contribution < -0.4 is 5.32 Å². The highest BCUT2D eigenvalue weighted by Crippen LogP contribution is 2.12. The van der Waals surface area contributed by atoms with Gasteiger partial charge in [-0.2, -0.15) is 0 Å². The van der Waals surface area contributed by atoms with Gasteiger partial charge in [-0.3, -0.25) is 4.79 Å². The van der Waals surface area contributed by atoms with Crippen LogP contribution in [-0.2, 0) is 9.53 Å². The fourth-order valence-corrected chi connectivity index (χ4v) is 1.67. The average Bonchev–Trinajstić information content (AvgIpc) is 2.36. The van der Waals surface area contributed by atoms with Gasteiger partial charge in [-0.25, -0.2) is 0 Å². The van der Waals surface area contributed by atoms with E-state index in [2.05, 4.69) is 19.2 Å². The molecule has 0 spiro atoms. The van der Waals surface area contributed by atoms with Crippen molar-refractivity contribution in [2.24, 2.45) is 5.92 Å². The molecule has 0 atom stereocenters. The van der Waals surface area contributed by atoms with Crippen molar-refractivity contribution in [3.05, 3.63) is 0 Å². The molecule has 1 N–H and O–H groups in total. The molecule has 0 aromatic carbocycles. The fraction of sp³-hybridized carbons (Fsp3) is 0.923. The molecule has 0 aliphatic carbocycles. The average molecular weight is 229 g/mol. The second-order valence-electron chi connectivity index (χ2n) is 4.29. The maximum Gasteiger partial charge on any atom is 0.207 e. The summed E-state index contributed by atoms with van der Waals surface area (Å²) in [4.78, 5) is 9.91. The first kappa shape index (κ1) is 15.4. The van der Waals surface area contributed by atoms with Crippen LogP contribution in [0.3, 0.4) is 0 Å². The van der Waals surface area contributed by atoms with Crippen molar-refractivity contribution in [3.8, 4) is 0 Å². The smallest absolute Gasteiger partial charge is 0.207 e. The van der Waals surface area contributed by atoms with Crippen molar-refractivity contribution in [1.82, 2.24) is 5.32 Å². The zero-order valence-electron chi connectivity index (χ0n) is 10.8. The third kappa shape index (κ3) is 9.97. The molecule has 3 nitrogen and oxygen atoms in total. The molecule has 1 amide bonds. The minimum Gasteiger partial charge on any atom is -0.381 e. The summed E-state index contributed by atoms with van der Waals surface area (Å²) < 4.78 is 5.16. The molecule has 3 heteroatoms. The van der Waals surface area contributed by atoms with Crippen LogP contribution in [-0.4, -0.2) is 26.2 Å². The SMILES string of the molecule is CCCCCC.O=CNCC1CCOCC1. The van der Waals surface area contributed by atoms with Crippen LogP contribution in [0.2, 0.25) is 0 Å². The number of carbonyl (C=O) groups is 1. The summed E-state index contributed by atoms with van der Waals surface area (Å²) >= 11 is 0. The van der Waals surface area contributed by atoms with Gasteiger partial charge >= 0.3 is 0 Å². The van der Waals surface area contributed by atoms with Crippen LogP contribution in [0.5, 0.6) is 0 Å². The van der Waals surface area contributed by atoms with Gasteiger partial charge in [-0.05, 0) is 18.8 Å². The topological polar surface area (TPSA) is 38.3 Å². The van der Waals surface area contributed by atoms with Crippen molar-refractivity contribution in [2.45, 2.75) is 52.4 Å². The van der Waals surface area contributed by atoms with E-state index in [1.165, 1.54) is 25.7 Å². The zero-order valence-corrected chi connectivity index (χ0v) is 10.8. The molecule has 1 rings (SSSR count). The number of nitrogens with one attached hydrogen (secondary N) is 1. The zero-order chi connectivity index (χ0) is 12.1. The maximum atomic E-state index is 9.91. The van der Waals surface area contributed by atoms with Crippen molar-refractivity contribution < 1.29 is 9.53 Å². The molecule has 0 aromatic heterocycles. The number of unbranched alkanes of at least 4 members (excludes halogenated alkanes) is 3. The Morgan fingerprint density at radius 2 is 1.75 bits per heavy atom. The van der Waals surface area contributed by atoms with Gasteiger partial charge in [0.15, 0.2) is 0 Å². The van der Waals surface area contributed by atoms with Gasteiger partial charge in [0.05, 0.1) is 0 Å². The van der Waals surface area contributed by atoms with Gasteiger partial charge in [0.25, 0.3) is 0 Å². The Balaban J connectivity index is 0.000000325. The van der Waals surface area contributed by atoms with Crippen LogP contribution in [0.4, 0.5) is 0 Å². The summed E-state index contributed by atoms with van der Waals surface area (Å²) in [5.41, 5.74) is 0. The molecule has 1 aliphatic heterocycles. The molecule has 1 saturated heterocycles. The molecule has 0 bridgehead atoms. The van der Waals surface area contributed by atoms with Crippen LogP contribution in [0.25, 0.3) is 0 Å². The van der Waals surface area contributed by atoms with Gasteiger partial charge in [0.1, 0.15) is 0 Å². The maximum absolute atomic E-state index is 9.91. The van der Waals surface area contributed by atoms with Gasteiger partial charge in [0.2, 0.25) is 6.41 Å². The van der Waals surface area contributed by atoms with E-state index in [0.29, 0.717) is 5.92 Å². The number of ether oxygens (including phenoxy) is 1. The Labute approximate surface area is 99.9 Å².